The van der Waals surface area contributed by atoms with Gasteiger partial charge in [-0.25, -0.2) is 4.98 Å². The molecule has 0 spiro atoms. The van der Waals surface area contributed by atoms with Crippen molar-refractivity contribution in [2.24, 2.45) is 0 Å². The van der Waals surface area contributed by atoms with E-state index in [2.05, 4.69) is 20.5 Å². The molecular formula is C14H17N5O2. The number of ether oxygens (including phenoxy) is 1. The monoisotopic (exact) mass is 287 g/mol. The summed E-state index contributed by atoms with van der Waals surface area (Å²) in [5.74, 6) is 1.83. The topological polar surface area (TPSA) is 83.1 Å². The Morgan fingerprint density at radius 2 is 2.33 bits per heavy atom. The van der Waals surface area contributed by atoms with E-state index in [0.29, 0.717) is 30.3 Å². The Morgan fingerprint density at radius 1 is 1.48 bits per heavy atom. The van der Waals surface area contributed by atoms with Gasteiger partial charge >= 0.3 is 0 Å². The Bertz CT molecular complexity index is 667. The van der Waals surface area contributed by atoms with E-state index in [1.807, 2.05) is 19.1 Å². The maximum absolute atomic E-state index is 12.6. The average Bonchev–Trinajstić information content (AvgIpc) is 2.91. The van der Waals surface area contributed by atoms with Crippen LogP contribution in [0, 0.1) is 6.92 Å². The number of hydrogen-bond acceptors (Lipinski definition) is 5. The van der Waals surface area contributed by atoms with Crippen molar-refractivity contribution in [1.29, 1.82) is 0 Å². The molecule has 0 fully saturated rings. The summed E-state index contributed by atoms with van der Waals surface area (Å²) in [7, 11) is 1.73. The van der Waals surface area contributed by atoms with Crippen molar-refractivity contribution in [2.75, 3.05) is 25.5 Å². The zero-order chi connectivity index (χ0) is 14.8. The predicted molar refractivity (Wildman–Crippen MR) is 77.3 cm³/mol. The number of H-pyrrole nitrogens is 1. The highest BCUT2D eigenvalue weighted by atomic mass is 16.5. The van der Waals surface area contributed by atoms with Gasteiger partial charge in [0.2, 0.25) is 0 Å². The molecule has 1 aromatic carbocycles. The number of nitrogens with one attached hydrogen (secondary N) is 2. The largest absolute Gasteiger partial charge is 0.489 e. The lowest BCUT2D eigenvalue weighted by atomic mass is 10.1. The number of anilines is 1. The Labute approximate surface area is 122 Å². The van der Waals surface area contributed by atoms with Gasteiger partial charge in [0.05, 0.1) is 17.8 Å². The Hall–Kier alpha value is -2.57. The van der Waals surface area contributed by atoms with Crippen LogP contribution in [0.3, 0.4) is 0 Å². The summed E-state index contributed by atoms with van der Waals surface area (Å²) < 4.78 is 5.63. The minimum Gasteiger partial charge on any atom is -0.489 e. The number of fused-ring (bicyclic) bond motifs is 1. The minimum absolute atomic E-state index is 0.113. The molecule has 1 amide bonds. The van der Waals surface area contributed by atoms with Crippen molar-refractivity contribution in [2.45, 2.75) is 13.5 Å². The van der Waals surface area contributed by atoms with Gasteiger partial charge < -0.3 is 15.0 Å². The number of carbonyl (C=O) groups is 1. The average molecular weight is 287 g/mol. The highest BCUT2D eigenvalue weighted by Gasteiger charge is 2.22. The van der Waals surface area contributed by atoms with Crippen LogP contribution in [-0.4, -0.2) is 46.2 Å². The maximum atomic E-state index is 12.6. The predicted octanol–water partition coefficient (Wildman–Crippen LogP) is 1.19. The first kappa shape index (κ1) is 13.4. The third-order valence-electron chi connectivity index (χ3n) is 3.28. The zero-order valence-electron chi connectivity index (χ0n) is 12.0. The molecule has 0 bridgehead atoms. The molecule has 0 radical (unpaired) electrons. The van der Waals surface area contributed by atoms with Gasteiger partial charge in [0.25, 0.3) is 5.91 Å². The minimum atomic E-state index is -0.113. The summed E-state index contributed by atoms with van der Waals surface area (Å²) in [6, 6.07) is 5.52. The third kappa shape index (κ3) is 2.67. The Kier molecular flexibility index (Phi) is 3.47. The number of aryl methyl sites for hydroxylation is 1. The maximum Gasteiger partial charge on any atom is 0.257 e. The Morgan fingerprint density at radius 3 is 3.10 bits per heavy atom. The van der Waals surface area contributed by atoms with Gasteiger partial charge in [0, 0.05) is 13.6 Å². The molecule has 1 aliphatic heterocycles. The highest BCUT2D eigenvalue weighted by molar-refractivity contribution is 5.98. The van der Waals surface area contributed by atoms with E-state index in [-0.39, 0.29) is 5.91 Å². The van der Waals surface area contributed by atoms with Crippen molar-refractivity contribution in [3.05, 3.63) is 35.4 Å². The van der Waals surface area contributed by atoms with Crippen molar-refractivity contribution >= 4 is 11.6 Å². The first-order valence-electron chi connectivity index (χ1n) is 6.78. The van der Waals surface area contributed by atoms with E-state index in [4.69, 9.17) is 4.74 Å². The fraction of sp³-hybridized carbons (Fsp3) is 0.357. The van der Waals surface area contributed by atoms with E-state index >= 15 is 0 Å². The van der Waals surface area contributed by atoms with Crippen LogP contribution < -0.4 is 10.1 Å². The molecule has 2 N–H and O–H groups in total. The van der Waals surface area contributed by atoms with E-state index in [1.165, 1.54) is 0 Å². The summed E-state index contributed by atoms with van der Waals surface area (Å²) in [5, 5.41) is 10.0. The van der Waals surface area contributed by atoms with Crippen LogP contribution in [0.4, 0.5) is 5.69 Å². The number of rotatable bonds is 3. The van der Waals surface area contributed by atoms with Crippen molar-refractivity contribution in [1.82, 2.24) is 20.1 Å². The lowest BCUT2D eigenvalue weighted by Gasteiger charge is -2.23. The molecule has 0 aliphatic carbocycles. The first-order valence-corrected chi connectivity index (χ1v) is 6.78. The molecule has 0 saturated heterocycles. The van der Waals surface area contributed by atoms with E-state index in [0.717, 1.165) is 18.1 Å². The summed E-state index contributed by atoms with van der Waals surface area (Å²) >= 11 is 0. The smallest absolute Gasteiger partial charge is 0.257 e. The van der Waals surface area contributed by atoms with Gasteiger partial charge in [-0.1, -0.05) is 6.07 Å². The van der Waals surface area contributed by atoms with Crippen molar-refractivity contribution in [3.8, 4) is 5.75 Å². The molecule has 7 heteroatoms. The van der Waals surface area contributed by atoms with Gasteiger partial charge in [0.1, 0.15) is 12.4 Å². The molecule has 2 heterocycles. The fourth-order valence-electron chi connectivity index (χ4n) is 2.29. The molecule has 0 unspecified atom stereocenters. The van der Waals surface area contributed by atoms with E-state index < -0.39 is 0 Å². The molecule has 0 atom stereocenters. The van der Waals surface area contributed by atoms with Gasteiger partial charge in [-0.15, -0.1) is 0 Å². The summed E-state index contributed by atoms with van der Waals surface area (Å²) in [6.07, 6.45) is 0. The summed E-state index contributed by atoms with van der Waals surface area (Å²) in [4.78, 5) is 18.4. The fourth-order valence-corrected chi connectivity index (χ4v) is 2.29. The third-order valence-corrected chi connectivity index (χ3v) is 3.28. The van der Waals surface area contributed by atoms with Crippen LogP contribution in [0.5, 0.6) is 5.75 Å². The van der Waals surface area contributed by atoms with Crippen LogP contribution in [0.1, 0.15) is 22.0 Å². The van der Waals surface area contributed by atoms with Crippen LogP contribution in [-0.2, 0) is 6.54 Å². The zero-order valence-corrected chi connectivity index (χ0v) is 12.0. The second-order valence-electron chi connectivity index (χ2n) is 4.96. The van der Waals surface area contributed by atoms with Gasteiger partial charge in [-0.05, 0) is 19.1 Å². The molecule has 7 nitrogen and oxygen atoms in total. The van der Waals surface area contributed by atoms with Gasteiger partial charge in [-0.2, -0.15) is 5.10 Å². The molecule has 1 aliphatic rings. The normalized spacial score (nSPS) is 13.0. The van der Waals surface area contributed by atoms with E-state index in [9.17, 15) is 4.79 Å². The number of amides is 1. The quantitative estimate of drug-likeness (QED) is 0.886. The number of aromatic nitrogens is 3. The highest BCUT2D eigenvalue weighted by Crippen LogP contribution is 2.31. The summed E-state index contributed by atoms with van der Waals surface area (Å²) in [6.45, 7) is 3.48. The van der Waals surface area contributed by atoms with E-state index in [1.54, 1.807) is 18.0 Å². The number of nitrogens with zero attached hydrogens (tertiary/aromatic N) is 3. The second kappa shape index (κ2) is 5.43. The standard InChI is InChI=1S/C14H17N5O2/c1-9-16-12(18-17-9)8-19(2)14(20)10-4-3-5-11-13(10)21-7-6-15-11/h3-5,15H,6-8H2,1-2H3,(H,16,17,18). The van der Waals surface area contributed by atoms with Gasteiger partial charge in [0.15, 0.2) is 11.6 Å². The SMILES string of the molecule is Cc1nc(CN(C)C(=O)c2cccc3c2OCCN3)n[nH]1. The molecule has 3 rings (SSSR count). The summed E-state index contributed by atoms with van der Waals surface area (Å²) in [5.41, 5.74) is 1.41. The van der Waals surface area contributed by atoms with Crippen LogP contribution in [0.25, 0.3) is 0 Å². The molecule has 1 aromatic heterocycles. The molecular weight excluding hydrogens is 270 g/mol. The van der Waals surface area contributed by atoms with Crippen molar-refractivity contribution in [3.63, 3.8) is 0 Å². The molecule has 0 saturated carbocycles. The lowest BCUT2D eigenvalue weighted by molar-refractivity contribution is 0.0777. The number of aromatic amines is 1. The number of hydrogen-bond donors (Lipinski definition) is 2. The second-order valence-corrected chi connectivity index (χ2v) is 4.96. The first-order chi connectivity index (χ1) is 10.1. The molecule has 21 heavy (non-hydrogen) atoms. The van der Waals surface area contributed by atoms with Crippen LogP contribution >= 0.6 is 0 Å². The number of carbonyl (C=O) groups excluding carboxylic acids is 1. The number of benzene rings is 1. The molecule has 2 aromatic rings. The van der Waals surface area contributed by atoms with Crippen LogP contribution in [0.15, 0.2) is 18.2 Å². The lowest BCUT2D eigenvalue weighted by Crippen LogP contribution is -2.28. The van der Waals surface area contributed by atoms with Crippen molar-refractivity contribution < 1.29 is 9.53 Å². The number of para-hydroxylation sites is 1. The molecule has 110 valence electrons. The van der Waals surface area contributed by atoms with Crippen LogP contribution in [0.2, 0.25) is 0 Å². The Balaban J connectivity index is 1.81. The van der Waals surface area contributed by atoms with Gasteiger partial charge in [-0.3, -0.25) is 9.89 Å².